The van der Waals surface area contributed by atoms with Crippen LogP contribution in [-0.2, 0) is 33.7 Å². The van der Waals surface area contributed by atoms with E-state index in [1.54, 1.807) is 0 Å². The highest BCUT2D eigenvalue weighted by Crippen LogP contribution is 2.31. The van der Waals surface area contributed by atoms with Gasteiger partial charge >= 0.3 is 5.97 Å². The molecule has 0 atom stereocenters. The first kappa shape index (κ1) is 36.5. The van der Waals surface area contributed by atoms with Crippen molar-refractivity contribution in [3.63, 3.8) is 0 Å². The van der Waals surface area contributed by atoms with Gasteiger partial charge in [-0.15, -0.1) is 0 Å². The molecule has 0 aliphatic rings. The van der Waals surface area contributed by atoms with Crippen molar-refractivity contribution in [1.82, 2.24) is 0 Å². The van der Waals surface area contributed by atoms with Crippen LogP contribution in [0.4, 0.5) is 0 Å². The fourth-order valence-corrected chi connectivity index (χ4v) is 5.63. The molecule has 0 aromatic heterocycles. The highest BCUT2D eigenvalue weighted by atomic mass is 16.5. The molecule has 4 aromatic rings. The van der Waals surface area contributed by atoms with Gasteiger partial charge in [-0.25, -0.2) is 0 Å². The van der Waals surface area contributed by atoms with Crippen LogP contribution < -0.4 is 14.2 Å². The molecule has 0 N–H and O–H groups in total. The normalized spacial score (nSPS) is 10.9. The van der Waals surface area contributed by atoms with E-state index in [0.29, 0.717) is 39.3 Å². The van der Waals surface area contributed by atoms with Crippen LogP contribution in [0.1, 0.15) is 75.5 Å². The Labute approximate surface area is 287 Å². The van der Waals surface area contributed by atoms with Gasteiger partial charge in [0.05, 0.1) is 19.8 Å². The third kappa shape index (κ3) is 13.1. The number of unbranched alkanes of at least 4 members (excludes halogenated alkanes) is 3. The van der Waals surface area contributed by atoms with Gasteiger partial charge in [-0.1, -0.05) is 85.6 Å². The smallest absolute Gasteiger partial charge is 0.305 e. The van der Waals surface area contributed by atoms with E-state index >= 15 is 0 Å². The molecule has 0 bridgehead atoms. The lowest BCUT2D eigenvalue weighted by molar-refractivity contribution is -0.143. The van der Waals surface area contributed by atoms with Crippen molar-refractivity contribution in [1.29, 1.82) is 0 Å². The monoisotopic (exact) mass is 652 g/mol. The third-order valence-electron chi connectivity index (χ3n) is 8.08. The average molecular weight is 653 g/mol. The highest BCUT2D eigenvalue weighted by Gasteiger charge is 2.11. The van der Waals surface area contributed by atoms with Gasteiger partial charge in [-0.3, -0.25) is 4.79 Å². The quantitative estimate of drug-likeness (QED) is 0.0587. The minimum Gasteiger partial charge on any atom is -0.493 e. The summed E-state index contributed by atoms with van der Waals surface area (Å²) in [6.45, 7) is 7.39. The molecule has 0 spiro atoms. The molecule has 0 saturated heterocycles. The largest absolute Gasteiger partial charge is 0.493 e. The van der Waals surface area contributed by atoms with E-state index < -0.39 is 0 Å². The molecule has 0 saturated carbocycles. The van der Waals surface area contributed by atoms with Crippen LogP contribution in [0.3, 0.4) is 0 Å². The summed E-state index contributed by atoms with van der Waals surface area (Å²) in [5.74, 6) is 2.38. The Morgan fingerprint density at radius 3 is 2.08 bits per heavy atom. The van der Waals surface area contributed by atoms with E-state index in [1.807, 2.05) is 50.2 Å². The molecule has 0 aliphatic heterocycles. The minimum absolute atomic E-state index is 0.171. The second-order valence-electron chi connectivity index (χ2n) is 11.8. The Morgan fingerprint density at radius 2 is 1.31 bits per heavy atom. The molecule has 0 unspecified atom stereocenters. The van der Waals surface area contributed by atoms with E-state index in [9.17, 15) is 4.79 Å². The number of hydrogen-bond donors (Lipinski definition) is 0. The van der Waals surface area contributed by atoms with Gasteiger partial charge in [0.25, 0.3) is 0 Å². The number of aryl methyl sites for hydroxylation is 1. The Balaban J connectivity index is 1.26. The predicted octanol–water partition coefficient (Wildman–Crippen LogP) is 9.81. The maximum Gasteiger partial charge on any atom is 0.305 e. The first-order valence-electron chi connectivity index (χ1n) is 17.6. The summed E-state index contributed by atoms with van der Waals surface area (Å²) in [5, 5.41) is 0. The summed E-state index contributed by atoms with van der Waals surface area (Å²) >= 11 is 0. The number of hydrogen-bond acceptors (Lipinski definition) is 6. The molecular formula is C42H52O6. The highest BCUT2D eigenvalue weighted by molar-refractivity contribution is 5.69. The number of esters is 1. The lowest BCUT2D eigenvalue weighted by Gasteiger charge is -2.16. The Hall–Kier alpha value is -4.29. The molecule has 0 fully saturated rings. The van der Waals surface area contributed by atoms with Gasteiger partial charge in [0.2, 0.25) is 0 Å². The van der Waals surface area contributed by atoms with E-state index in [0.717, 1.165) is 92.1 Å². The van der Waals surface area contributed by atoms with Crippen LogP contribution in [0.25, 0.3) is 11.1 Å². The number of rotatable bonds is 23. The molecule has 0 heterocycles. The van der Waals surface area contributed by atoms with Crippen molar-refractivity contribution >= 4 is 5.97 Å². The second kappa shape index (κ2) is 21.6. The molecule has 256 valence electrons. The van der Waals surface area contributed by atoms with Crippen molar-refractivity contribution in [2.24, 2.45) is 0 Å². The molecule has 4 aromatic carbocycles. The van der Waals surface area contributed by atoms with E-state index in [4.69, 9.17) is 23.7 Å². The lowest BCUT2D eigenvalue weighted by atomic mass is 9.97. The first-order valence-corrected chi connectivity index (χ1v) is 17.6. The Bertz CT molecular complexity index is 1470. The fourth-order valence-electron chi connectivity index (χ4n) is 5.63. The minimum atomic E-state index is -0.171. The summed E-state index contributed by atoms with van der Waals surface area (Å²) in [6, 6.07) is 33.1. The SMILES string of the molecule is CCOCCCc1c(CCCCCCOc2cc(OCc3ccccc3)cc(-c3ccccc3)c2)cccc1OCCCC(=O)OCC. The summed E-state index contributed by atoms with van der Waals surface area (Å²) in [7, 11) is 0. The van der Waals surface area contributed by atoms with Gasteiger partial charge < -0.3 is 23.7 Å². The van der Waals surface area contributed by atoms with Crippen LogP contribution >= 0.6 is 0 Å². The van der Waals surface area contributed by atoms with Gasteiger partial charge in [0.15, 0.2) is 0 Å². The van der Waals surface area contributed by atoms with Crippen LogP contribution in [0, 0.1) is 0 Å². The number of carbonyl (C=O) groups excluding carboxylic acids is 1. The Kier molecular flexibility index (Phi) is 16.4. The summed E-state index contributed by atoms with van der Waals surface area (Å²) in [5.41, 5.74) is 5.95. The molecule has 0 aliphatic carbocycles. The van der Waals surface area contributed by atoms with Crippen LogP contribution in [0.15, 0.2) is 97.1 Å². The summed E-state index contributed by atoms with van der Waals surface area (Å²) < 4.78 is 29.3. The van der Waals surface area contributed by atoms with Crippen LogP contribution in [0.5, 0.6) is 17.2 Å². The second-order valence-corrected chi connectivity index (χ2v) is 11.8. The van der Waals surface area contributed by atoms with Gasteiger partial charge in [-0.2, -0.15) is 0 Å². The van der Waals surface area contributed by atoms with Crippen LogP contribution in [0.2, 0.25) is 0 Å². The zero-order chi connectivity index (χ0) is 33.7. The number of ether oxygens (including phenoxy) is 5. The molecule has 48 heavy (non-hydrogen) atoms. The zero-order valence-corrected chi connectivity index (χ0v) is 28.8. The van der Waals surface area contributed by atoms with Gasteiger partial charge in [0, 0.05) is 25.7 Å². The molecule has 6 nitrogen and oxygen atoms in total. The first-order chi connectivity index (χ1) is 23.7. The number of carbonyl (C=O) groups is 1. The molecule has 0 amide bonds. The average Bonchev–Trinajstić information content (AvgIpc) is 3.12. The van der Waals surface area contributed by atoms with Gasteiger partial charge in [0.1, 0.15) is 23.9 Å². The van der Waals surface area contributed by atoms with Crippen molar-refractivity contribution in [2.75, 3.05) is 33.0 Å². The summed E-state index contributed by atoms with van der Waals surface area (Å²) in [6.07, 6.45) is 8.20. The maximum atomic E-state index is 11.7. The van der Waals surface area contributed by atoms with E-state index in [2.05, 4.69) is 60.7 Å². The molecular weight excluding hydrogens is 600 g/mol. The topological polar surface area (TPSA) is 63.2 Å². The molecule has 0 radical (unpaired) electrons. The van der Waals surface area contributed by atoms with E-state index in [-0.39, 0.29) is 5.97 Å². The third-order valence-corrected chi connectivity index (χ3v) is 8.08. The van der Waals surface area contributed by atoms with Crippen molar-refractivity contribution in [3.05, 3.63) is 114 Å². The van der Waals surface area contributed by atoms with Crippen molar-refractivity contribution < 1.29 is 28.5 Å². The molecule has 4 rings (SSSR count). The van der Waals surface area contributed by atoms with Gasteiger partial charge in [-0.05, 0) is 98.4 Å². The van der Waals surface area contributed by atoms with Crippen molar-refractivity contribution in [2.45, 2.75) is 78.2 Å². The lowest BCUT2D eigenvalue weighted by Crippen LogP contribution is -2.08. The number of benzene rings is 4. The Morgan fingerprint density at radius 1 is 0.583 bits per heavy atom. The van der Waals surface area contributed by atoms with E-state index in [1.165, 1.54) is 11.1 Å². The molecule has 6 heteroatoms. The fraction of sp³-hybridized carbons (Fsp3) is 0.405. The van der Waals surface area contributed by atoms with Crippen LogP contribution in [-0.4, -0.2) is 39.0 Å². The predicted molar refractivity (Wildman–Crippen MR) is 193 cm³/mol. The maximum absolute atomic E-state index is 11.7. The standard InChI is InChI=1S/C42H52O6/c1-3-44-27-16-24-40-36(23-15-25-41(40)47-29-17-26-42(43)45-4-2)22-11-5-6-14-28-46-38-30-37(35-20-12-8-13-21-35)31-39(32-38)48-33-34-18-9-7-10-19-34/h7-10,12-13,15,18-21,23,25,30-32H,3-6,11,14,16-17,22,24,26-29,33H2,1-2H3. The summed E-state index contributed by atoms with van der Waals surface area (Å²) in [4.78, 5) is 11.7. The zero-order valence-electron chi connectivity index (χ0n) is 28.8. The van der Waals surface area contributed by atoms with Crippen molar-refractivity contribution in [3.8, 4) is 28.4 Å².